The summed E-state index contributed by atoms with van der Waals surface area (Å²) in [5.41, 5.74) is 6.44. The number of nitrogens with zero attached hydrogens (tertiary/aromatic N) is 1. The van der Waals surface area contributed by atoms with Crippen LogP contribution >= 0.6 is 11.6 Å². The summed E-state index contributed by atoms with van der Waals surface area (Å²) >= 11 is 6.09. The second-order valence-corrected chi connectivity index (χ2v) is 7.15. The van der Waals surface area contributed by atoms with E-state index < -0.39 is 17.9 Å². The van der Waals surface area contributed by atoms with Crippen molar-refractivity contribution in [1.82, 2.24) is 10.2 Å². The molecule has 7 nitrogen and oxygen atoms in total. The number of anilines is 1. The molecule has 0 spiro atoms. The lowest BCUT2D eigenvalue weighted by Crippen LogP contribution is -2.46. The molecule has 0 radical (unpaired) electrons. The molecule has 0 aliphatic heterocycles. The molecule has 0 saturated heterocycles. The molecule has 144 valence electrons. The number of hydrogen-bond donors (Lipinski definition) is 3. The predicted octanol–water partition coefficient (Wildman–Crippen LogP) is 1.86. The van der Waals surface area contributed by atoms with Gasteiger partial charge in [-0.25, -0.2) is 0 Å². The Labute approximate surface area is 159 Å². The minimum Gasteiger partial charge on any atom is -0.346 e. The average Bonchev–Trinajstić information content (AvgIpc) is 2.59. The molecule has 3 amide bonds. The van der Waals surface area contributed by atoms with Crippen LogP contribution in [-0.2, 0) is 9.59 Å². The smallest absolute Gasteiger partial charge is 0.253 e. The van der Waals surface area contributed by atoms with E-state index in [2.05, 4.69) is 10.6 Å². The van der Waals surface area contributed by atoms with Gasteiger partial charge in [-0.1, -0.05) is 25.4 Å². The Morgan fingerprint density at radius 2 is 1.81 bits per heavy atom. The van der Waals surface area contributed by atoms with Crippen molar-refractivity contribution in [3.63, 3.8) is 0 Å². The summed E-state index contributed by atoms with van der Waals surface area (Å²) in [6.07, 6.45) is 0. The molecule has 1 aromatic rings. The molecule has 4 N–H and O–H groups in total. The van der Waals surface area contributed by atoms with Gasteiger partial charge in [0.1, 0.15) is 0 Å². The number of rotatable bonds is 7. The van der Waals surface area contributed by atoms with Crippen LogP contribution in [0.5, 0.6) is 0 Å². The molecule has 1 atom stereocenters. The number of amides is 3. The van der Waals surface area contributed by atoms with Crippen LogP contribution in [-0.4, -0.2) is 48.3 Å². The van der Waals surface area contributed by atoms with Gasteiger partial charge in [0.05, 0.1) is 23.3 Å². The Morgan fingerprint density at radius 1 is 1.19 bits per heavy atom. The molecule has 1 rings (SSSR count). The number of carbonyl (C=O) groups excluding carboxylic acids is 3. The van der Waals surface area contributed by atoms with Gasteiger partial charge in [0, 0.05) is 18.7 Å². The van der Waals surface area contributed by atoms with Crippen LogP contribution in [0.3, 0.4) is 0 Å². The van der Waals surface area contributed by atoms with Crippen molar-refractivity contribution in [1.29, 1.82) is 0 Å². The summed E-state index contributed by atoms with van der Waals surface area (Å²) in [4.78, 5) is 37.8. The zero-order valence-electron chi connectivity index (χ0n) is 15.8. The van der Waals surface area contributed by atoms with E-state index >= 15 is 0 Å². The largest absolute Gasteiger partial charge is 0.346 e. The van der Waals surface area contributed by atoms with Crippen molar-refractivity contribution in [2.75, 3.05) is 18.9 Å². The second-order valence-electron chi connectivity index (χ2n) is 6.74. The molecule has 0 saturated carbocycles. The molecule has 0 heterocycles. The van der Waals surface area contributed by atoms with Crippen molar-refractivity contribution in [2.45, 2.75) is 39.8 Å². The van der Waals surface area contributed by atoms with E-state index in [1.807, 2.05) is 27.7 Å². The van der Waals surface area contributed by atoms with E-state index in [-0.39, 0.29) is 24.4 Å². The van der Waals surface area contributed by atoms with E-state index in [1.54, 1.807) is 24.1 Å². The summed E-state index contributed by atoms with van der Waals surface area (Å²) in [6, 6.07) is 4.02. The molecular formula is C18H27ClN4O3. The zero-order chi connectivity index (χ0) is 20.0. The highest BCUT2D eigenvalue weighted by Gasteiger charge is 2.19. The van der Waals surface area contributed by atoms with Crippen LogP contribution in [0.1, 0.15) is 38.1 Å². The highest BCUT2D eigenvalue weighted by molar-refractivity contribution is 6.34. The van der Waals surface area contributed by atoms with Gasteiger partial charge in [0.25, 0.3) is 5.91 Å². The van der Waals surface area contributed by atoms with Gasteiger partial charge in [0.15, 0.2) is 0 Å². The van der Waals surface area contributed by atoms with Crippen LogP contribution in [0.25, 0.3) is 0 Å². The summed E-state index contributed by atoms with van der Waals surface area (Å²) < 4.78 is 0. The fourth-order valence-corrected chi connectivity index (χ4v) is 2.14. The maximum atomic E-state index is 12.4. The molecule has 26 heavy (non-hydrogen) atoms. The normalized spacial score (nSPS) is 12.0. The van der Waals surface area contributed by atoms with Gasteiger partial charge < -0.3 is 21.3 Å². The van der Waals surface area contributed by atoms with Gasteiger partial charge in [-0.2, -0.15) is 0 Å². The third kappa shape index (κ3) is 6.00. The summed E-state index contributed by atoms with van der Waals surface area (Å²) in [6.45, 7) is 7.21. The van der Waals surface area contributed by atoms with Crippen LogP contribution in [0.15, 0.2) is 18.2 Å². The minimum atomic E-state index is -0.682. The lowest BCUT2D eigenvalue weighted by atomic mass is 10.1. The predicted molar refractivity (Wildman–Crippen MR) is 103 cm³/mol. The highest BCUT2D eigenvalue weighted by Crippen LogP contribution is 2.24. The lowest BCUT2D eigenvalue weighted by molar-refractivity contribution is -0.125. The monoisotopic (exact) mass is 382 g/mol. The van der Waals surface area contributed by atoms with Crippen molar-refractivity contribution in [3.05, 3.63) is 28.8 Å². The molecule has 0 aromatic heterocycles. The van der Waals surface area contributed by atoms with Crippen molar-refractivity contribution >= 4 is 35.0 Å². The first-order valence-electron chi connectivity index (χ1n) is 8.44. The summed E-state index contributed by atoms with van der Waals surface area (Å²) in [5, 5.41) is 5.38. The fourth-order valence-electron chi connectivity index (χ4n) is 1.97. The summed E-state index contributed by atoms with van der Waals surface area (Å²) in [7, 11) is 1.70. The Morgan fingerprint density at radius 3 is 2.35 bits per heavy atom. The number of nitrogens with two attached hydrogens (primary N) is 1. The SMILES string of the molecule is CC(C)[C@H](N)C(=O)NCC(=O)Nc1cc(C(=O)N(C)C(C)C)ccc1Cl. The first-order valence-corrected chi connectivity index (χ1v) is 8.82. The first-order chi connectivity index (χ1) is 12.0. The number of halogens is 1. The zero-order valence-corrected chi connectivity index (χ0v) is 16.6. The number of nitrogens with one attached hydrogen (secondary N) is 2. The standard InChI is InChI=1S/C18H27ClN4O3/c1-10(2)16(20)17(25)21-9-15(24)22-14-8-12(6-7-13(14)19)18(26)23(5)11(3)4/h6-8,10-11,16H,9,20H2,1-5H3,(H,21,25)(H,22,24)/t16-/m0/s1. The van der Waals surface area contributed by atoms with E-state index in [0.29, 0.717) is 16.3 Å². The topological polar surface area (TPSA) is 105 Å². The van der Waals surface area contributed by atoms with Crippen LogP contribution in [0, 0.1) is 5.92 Å². The molecule has 0 bridgehead atoms. The average molecular weight is 383 g/mol. The maximum Gasteiger partial charge on any atom is 0.253 e. The second kappa shape index (κ2) is 9.54. The Balaban J connectivity index is 2.77. The molecule has 1 aromatic carbocycles. The van der Waals surface area contributed by atoms with Gasteiger partial charge in [0.2, 0.25) is 11.8 Å². The summed E-state index contributed by atoms with van der Waals surface area (Å²) in [5.74, 6) is -1.07. The third-order valence-electron chi connectivity index (χ3n) is 4.03. The van der Waals surface area contributed by atoms with Gasteiger partial charge in [-0.3, -0.25) is 14.4 Å². The van der Waals surface area contributed by atoms with Gasteiger partial charge in [-0.15, -0.1) is 0 Å². The van der Waals surface area contributed by atoms with E-state index in [4.69, 9.17) is 17.3 Å². The third-order valence-corrected chi connectivity index (χ3v) is 4.36. The van der Waals surface area contributed by atoms with Crippen LogP contribution in [0.4, 0.5) is 5.69 Å². The van der Waals surface area contributed by atoms with Crippen LogP contribution in [0.2, 0.25) is 5.02 Å². The quantitative estimate of drug-likeness (QED) is 0.669. The van der Waals surface area contributed by atoms with Crippen LogP contribution < -0.4 is 16.4 Å². The number of carbonyl (C=O) groups is 3. The molecule has 0 aliphatic rings. The van der Waals surface area contributed by atoms with E-state index in [9.17, 15) is 14.4 Å². The Hall–Kier alpha value is -2.12. The van der Waals surface area contributed by atoms with Crippen molar-refractivity contribution in [2.24, 2.45) is 11.7 Å². The van der Waals surface area contributed by atoms with Gasteiger partial charge >= 0.3 is 0 Å². The Bertz CT molecular complexity index is 676. The molecule has 8 heteroatoms. The first kappa shape index (κ1) is 21.9. The highest BCUT2D eigenvalue weighted by atomic mass is 35.5. The number of hydrogen-bond acceptors (Lipinski definition) is 4. The van der Waals surface area contributed by atoms with E-state index in [0.717, 1.165) is 0 Å². The van der Waals surface area contributed by atoms with Crippen molar-refractivity contribution < 1.29 is 14.4 Å². The molecule has 0 unspecified atom stereocenters. The van der Waals surface area contributed by atoms with Crippen molar-refractivity contribution in [3.8, 4) is 0 Å². The molecule has 0 fully saturated rings. The maximum absolute atomic E-state index is 12.4. The fraction of sp³-hybridized carbons (Fsp3) is 0.500. The molecular weight excluding hydrogens is 356 g/mol. The molecule has 0 aliphatic carbocycles. The Kier molecular flexibility index (Phi) is 8.05. The van der Waals surface area contributed by atoms with E-state index in [1.165, 1.54) is 6.07 Å². The lowest BCUT2D eigenvalue weighted by Gasteiger charge is -2.22. The minimum absolute atomic E-state index is 0.0341. The number of benzene rings is 1. The van der Waals surface area contributed by atoms with Gasteiger partial charge in [-0.05, 0) is 38.0 Å².